The van der Waals surface area contributed by atoms with Gasteiger partial charge in [0.2, 0.25) is 5.91 Å². The summed E-state index contributed by atoms with van der Waals surface area (Å²) in [5.41, 5.74) is 2.16. The SMILES string of the molecule is COCc1ccccc1CNC(=O)/C=C/c1ccc(Br)s1. The molecular formula is C16H16BrNO2S. The number of rotatable bonds is 6. The van der Waals surface area contributed by atoms with E-state index in [0.717, 1.165) is 19.8 Å². The van der Waals surface area contributed by atoms with Crippen LogP contribution in [0.4, 0.5) is 0 Å². The number of hydrogen-bond acceptors (Lipinski definition) is 3. The molecule has 0 radical (unpaired) electrons. The van der Waals surface area contributed by atoms with Crippen LogP contribution in [0.1, 0.15) is 16.0 Å². The maximum absolute atomic E-state index is 11.8. The fourth-order valence-electron chi connectivity index (χ4n) is 1.84. The Hall–Kier alpha value is -1.43. The monoisotopic (exact) mass is 365 g/mol. The number of nitrogens with one attached hydrogen (secondary N) is 1. The van der Waals surface area contributed by atoms with Crippen LogP contribution in [-0.4, -0.2) is 13.0 Å². The van der Waals surface area contributed by atoms with Crippen LogP contribution in [0.25, 0.3) is 6.08 Å². The summed E-state index contributed by atoms with van der Waals surface area (Å²) in [6.45, 7) is 1.04. The fourth-order valence-corrected chi connectivity index (χ4v) is 3.17. The van der Waals surface area contributed by atoms with Gasteiger partial charge in [-0.1, -0.05) is 24.3 Å². The molecule has 0 bridgehead atoms. The van der Waals surface area contributed by atoms with Gasteiger partial charge in [-0.05, 0) is 45.3 Å². The van der Waals surface area contributed by atoms with Gasteiger partial charge in [0.05, 0.1) is 10.4 Å². The highest BCUT2D eigenvalue weighted by atomic mass is 79.9. The Bertz CT molecular complexity index is 637. The molecule has 21 heavy (non-hydrogen) atoms. The van der Waals surface area contributed by atoms with Crippen molar-refractivity contribution in [3.8, 4) is 0 Å². The van der Waals surface area contributed by atoms with Crippen LogP contribution in [0.2, 0.25) is 0 Å². The molecule has 0 aliphatic rings. The van der Waals surface area contributed by atoms with Crippen molar-refractivity contribution >= 4 is 39.2 Å². The average molecular weight is 366 g/mol. The standard InChI is InChI=1S/C16H16BrNO2S/c1-20-11-13-5-3-2-4-12(13)10-18-16(19)9-7-14-6-8-15(17)21-14/h2-9H,10-11H2,1H3,(H,18,19)/b9-7+. The van der Waals surface area contributed by atoms with Crippen molar-refractivity contribution in [3.05, 3.63) is 62.3 Å². The molecule has 0 saturated heterocycles. The number of carbonyl (C=O) groups is 1. The molecule has 1 heterocycles. The minimum atomic E-state index is -0.105. The molecule has 0 unspecified atom stereocenters. The number of ether oxygens (including phenoxy) is 1. The Balaban J connectivity index is 1.90. The highest BCUT2D eigenvalue weighted by Gasteiger charge is 2.03. The molecule has 0 fully saturated rings. The molecule has 0 aliphatic heterocycles. The van der Waals surface area contributed by atoms with Gasteiger partial charge in [0.1, 0.15) is 0 Å². The Morgan fingerprint density at radius 3 is 2.71 bits per heavy atom. The quantitative estimate of drug-likeness (QED) is 0.786. The number of carbonyl (C=O) groups excluding carboxylic acids is 1. The second-order valence-corrected chi connectivity index (χ2v) is 6.89. The maximum atomic E-state index is 11.8. The first-order valence-electron chi connectivity index (χ1n) is 6.46. The summed E-state index contributed by atoms with van der Waals surface area (Å²) in [6.07, 6.45) is 3.36. The molecule has 3 nitrogen and oxygen atoms in total. The van der Waals surface area contributed by atoms with Crippen LogP contribution in [-0.2, 0) is 22.7 Å². The van der Waals surface area contributed by atoms with Crippen LogP contribution in [0, 0.1) is 0 Å². The number of thiophene rings is 1. The zero-order chi connectivity index (χ0) is 15.1. The predicted octanol–water partition coefficient (Wildman–Crippen LogP) is 3.99. The molecule has 2 aromatic rings. The summed E-state index contributed by atoms with van der Waals surface area (Å²) >= 11 is 4.98. The van der Waals surface area contributed by atoms with Crippen LogP contribution >= 0.6 is 27.3 Å². The molecule has 1 aromatic heterocycles. The third-order valence-corrected chi connectivity index (χ3v) is 4.45. The predicted molar refractivity (Wildman–Crippen MR) is 90.1 cm³/mol. The van der Waals surface area contributed by atoms with E-state index in [9.17, 15) is 4.79 Å². The summed E-state index contributed by atoms with van der Waals surface area (Å²) in [6, 6.07) is 11.8. The molecule has 1 aromatic carbocycles. The van der Waals surface area contributed by atoms with Gasteiger partial charge in [0.15, 0.2) is 0 Å². The minimum Gasteiger partial charge on any atom is -0.380 e. The van der Waals surface area contributed by atoms with E-state index < -0.39 is 0 Å². The van der Waals surface area contributed by atoms with Crippen LogP contribution in [0.15, 0.2) is 46.3 Å². The summed E-state index contributed by atoms with van der Waals surface area (Å²) in [7, 11) is 1.66. The molecule has 1 N–H and O–H groups in total. The third-order valence-electron chi connectivity index (χ3n) is 2.86. The van der Waals surface area contributed by atoms with Crippen molar-refractivity contribution < 1.29 is 9.53 Å². The number of benzene rings is 1. The lowest BCUT2D eigenvalue weighted by atomic mass is 10.1. The first-order valence-corrected chi connectivity index (χ1v) is 8.07. The molecule has 110 valence electrons. The molecule has 5 heteroatoms. The lowest BCUT2D eigenvalue weighted by Gasteiger charge is -2.08. The van der Waals surface area contributed by atoms with Gasteiger partial charge in [0, 0.05) is 24.6 Å². The van der Waals surface area contributed by atoms with Crippen molar-refractivity contribution in [2.45, 2.75) is 13.2 Å². The van der Waals surface area contributed by atoms with Gasteiger partial charge in [-0.2, -0.15) is 0 Å². The van der Waals surface area contributed by atoms with Gasteiger partial charge in [-0.25, -0.2) is 0 Å². The lowest BCUT2D eigenvalue weighted by molar-refractivity contribution is -0.116. The molecule has 1 amide bonds. The summed E-state index contributed by atoms with van der Waals surface area (Å²) in [5.74, 6) is -0.105. The molecular weight excluding hydrogens is 350 g/mol. The Kier molecular flexibility index (Phi) is 6.17. The van der Waals surface area contributed by atoms with Gasteiger partial charge in [-0.3, -0.25) is 4.79 Å². The van der Waals surface area contributed by atoms with Crippen molar-refractivity contribution in [1.82, 2.24) is 5.32 Å². The van der Waals surface area contributed by atoms with E-state index in [-0.39, 0.29) is 5.91 Å². The molecule has 0 aliphatic carbocycles. The zero-order valence-corrected chi connectivity index (χ0v) is 14.0. The van der Waals surface area contributed by atoms with Crippen molar-refractivity contribution in [2.24, 2.45) is 0 Å². The van der Waals surface area contributed by atoms with Gasteiger partial charge in [-0.15, -0.1) is 11.3 Å². The van der Waals surface area contributed by atoms with Gasteiger partial charge >= 0.3 is 0 Å². The minimum absolute atomic E-state index is 0.105. The van der Waals surface area contributed by atoms with Gasteiger partial charge in [0.25, 0.3) is 0 Å². The zero-order valence-electron chi connectivity index (χ0n) is 11.6. The number of hydrogen-bond donors (Lipinski definition) is 1. The molecule has 0 atom stereocenters. The number of methoxy groups -OCH3 is 1. The highest BCUT2D eigenvalue weighted by Crippen LogP contribution is 2.22. The lowest BCUT2D eigenvalue weighted by Crippen LogP contribution is -2.21. The highest BCUT2D eigenvalue weighted by molar-refractivity contribution is 9.11. The van der Waals surface area contributed by atoms with E-state index in [1.165, 1.54) is 0 Å². The Morgan fingerprint density at radius 1 is 1.29 bits per heavy atom. The first kappa shape index (κ1) is 15.9. The normalized spacial score (nSPS) is 11.0. The van der Waals surface area contributed by atoms with E-state index in [1.54, 1.807) is 24.5 Å². The Labute approximate surface area is 136 Å². The fraction of sp³-hybridized carbons (Fsp3) is 0.188. The second kappa shape index (κ2) is 8.12. The van der Waals surface area contributed by atoms with Crippen molar-refractivity contribution in [2.75, 3.05) is 7.11 Å². The number of halogens is 1. The number of amides is 1. The van der Waals surface area contributed by atoms with E-state index in [0.29, 0.717) is 13.2 Å². The van der Waals surface area contributed by atoms with E-state index in [4.69, 9.17) is 4.74 Å². The average Bonchev–Trinajstić information content (AvgIpc) is 2.90. The van der Waals surface area contributed by atoms with Crippen LogP contribution < -0.4 is 5.32 Å². The third kappa shape index (κ3) is 5.12. The molecule has 0 saturated carbocycles. The topological polar surface area (TPSA) is 38.3 Å². The largest absolute Gasteiger partial charge is 0.380 e. The van der Waals surface area contributed by atoms with Gasteiger partial charge < -0.3 is 10.1 Å². The first-order chi connectivity index (χ1) is 10.2. The van der Waals surface area contributed by atoms with Crippen molar-refractivity contribution in [3.63, 3.8) is 0 Å². The summed E-state index contributed by atoms with van der Waals surface area (Å²) < 4.78 is 6.21. The van der Waals surface area contributed by atoms with Crippen LogP contribution in [0.3, 0.4) is 0 Å². The molecule has 2 rings (SSSR count). The van der Waals surface area contributed by atoms with E-state index >= 15 is 0 Å². The van der Waals surface area contributed by atoms with Crippen molar-refractivity contribution in [1.29, 1.82) is 0 Å². The maximum Gasteiger partial charge on any atom is 0.244 e. The molecule has 0 spiro atoms. The summed E-state index contributed by atoms with van der Waals surface area (Å²) in [4.78, 5) is 12.9. The van der Waals surface area contributed by atoms with E-state index in [1.807, 2.05) is 42.5 Å². The Morgan fingerprint density at radius 2 is 2.05 bits per heavy atom. The van der Waals surface area contributed by atoms with E-state index in [2.05, 4.69) is 21.2 Å². The second-order valence-electron chi connectivity index (χ2n) is 4.39. The smallest absolute Gasteiger partial charge is 0.244 e. The summed E-state index contributed by atoms with van der Waals surface area (Å²) in [5, 5.41) is 2.89. The van der Waals surface area contributed by atoms with Crippen LogP contribution in [0.5, 0.6) is 0 Å².